The molecule has 9 rings (SSSR count). The zero-order valence-corrected chi connectivity index (χ0v) is 29.8. The molecule has 0 unspecified atom stereocenters. The number of benzene rings is 3. The third kappa shape index (κ3) is 5.88. The number of imidazole rings is 1. The van der Waals surface area contributed by atoms with Crippen LogP contribution in [0.1, 0.15) is 44.7 Å². The van der Waals surface area contributed by atoms with Crippen molar-refractivity contribution in [3.05, 3.63) is 113 Å². The number of amides is 2. The molecule has 0 radical (unpaired) electrons. The highest BCUT2D eigenvalue weighted by atomic mass is 32.1. The second-order valence-corrected chi connectivity index (χ2v) is 14.9. The molecule has 11 heteroatoms. The first-order valence-corrected chi connectivity index (χ1v) is 18.6. The number of carbonyl (C=O) groups is 2. The van der Waals surface area contributed by atoms with Gasteiger partial charge in [0.25, 0.3) is 11.8 Å². The number of carbonyl (C=O) groups excluding carboxylic acids is 2. The molecule has 3 aromatic heterocycles. The fourth-order valence-corrected chi connectivity index (χ4v) is 8.89. The number of nitrogens with one attached hydrogen (secondary N) is 2. The normalized spacial score (nSPS) is 15.9. The Morgan fingerprint density at radius 3 is 2.58 bits per heavy atom. The van der Waals surface area contributed by atoms with Crippen LogP contribution < -0.4 is 15.1 Å². The van der Waals surface area contributed by atoms with Crippen LogP contribution in [0.2, 0.25) is 0 Å². The minimum absolute atomic E-state index is 0.0977. The molecule has 2 fully saturated rings. The molecular formula is C41H33N6O3S2-. The summed E-state index contributed by atoms with van der Waals surface area (Å²) in [6, 6.07) is 27.1. The minimum Gasteiger partial charge on any atom is -0.724 e. The van der Waals surface area contributed by atoms with Gasteiger partial charge in [-0.3, -0.25) is 9.59 Å². The Balaban J connectivity index is 0.936. The van der Waals surface area contributed by atoms with Gasteiger partial charge < -0.3 is 37.5 Å². The number of thiophene rings is 1. The Morgan fingerprint density at radius 1 is 0.981 bits per heavy atom. The molecule has 0 atom stereocenters. The van der Waals surface area contributed by atoms with Gasteiger partial charge in [-0.1, -0.05) is 36.3 Å². The molecule has 2 amide bonds. The lowest BCUT2D eigenvalue weighted by molar-refractivity contribution is -0.000509. The van der Waals surface area contributed by atoms with Gasteiger partial charge in [0, 0.05) is 71.7 Å². The van der Waals surface area contributed by atoms with Crippen molar-refractivity contribution in [2.75, 3.05) is 48.0 Å². The smallest absolute Gasteiger partial charge is 0.259 e. The SMILES string of the molecule is O=C(Nc1ccc(C(=O)N2CCc3cc(-c4nc5ccccc5[nH]4)sc3-c3ccccc32)cc1)c1cc(C#C[S-])cnc1N1CC2(CCOCC2)C1. The molecule has 0 bridgehead atoms. The zero-order chi connectivity index (χ0) is 35.2. The van der Waals surface area contributed by atoms with Crippen LogP contribution in [-0.2, 0) is 23.8 Å². The maximum Gasteiger partial charge on any atom is 0.259 e. The number of aromatic nitrogens is 3. The molecule has 52 heavy (non-hydrogen) atoms. The van der Waals surface area contributed by atoms with E-state index in [1.54, 1.807) is 47.9 Å². The van der Waals surface area contributed by atoms with Crippen LogP contribution in [-0.4, -0.2) is 59.6 Å². The fourth-order valence-electron chi connectivity index (χ4n) is 7.58. The average Bonchev–Trinajstić information content (AvgIpc) is 3.76. The first-order valence-electron chi connectivity index (χ1n) is 17.3. The van der Waals surface area contributed by atoms with Gasteiger partial charge in [-0.15, -0.1) is 11.3 Å². The summed E-state index contributed by atoms with van der Waals surface area (Å²) >= 11 is 6.55. The second kappa shape index (κ2) is 13.2. The Kier molecular flexibility index (Phi) is 8.23. The Hall–Kier alpha value is -5.54. The van der Waals surface area contributed by atoms with E-state index in [1.807, 2.05) is 47.4 Å². The van der Waals surface area contributed by atoms with E-state index in [0.29, 0.717) is 41.2 Å². The maximum atomic E-state index is 14.1. The highest BCUT2D eigenvalue weighted by Crippen LogP contribution is 2.45. The van der Waals surface area contributed by atoms with Gasteiger partial charge in [0.15, 0.2) is 0 Å². The van der Waals surface area contributed by atoms with Crippen LogP contribution in [0.15, 0.2) is 91.1 Å². The molecule has 0 saturated carbocycles. The molecule has 3 aliphatic rings. The third-order valence-corrected chi connectivity index (χ3v) is 11.6. The van der Waals surface area contributed by atoms with Crippen LogP contribution in [0, 0.1) is 16.6 Å². The van der Waals surface area contributed by atoms with Gasteiger partial charge in [-0.05, 0) is 79.4 Å². The first kappa shape index (κ1) is 32.4. The summed E-state index contributed by atoms with van der Waals surface area (Å²) < 4.78 is 5.58. The molecular weight excluding hydrogens is 689 g/mol. The molecule has 1 spiro atoms. The summed E-state index contributed by atoms with van der Waals surface area (Å²) in [6.45, 7) is 3.74. The van der Waals surface area contributed by atoms with Gasteiger partial charge in [-0.2, -0.15) is 0 Å². The van der Waals surface area contributed by atoms with E-state index in [2.05, 4.69) is 43.5 Å². The molecule has 3 aromatic carbocycles. The molecule has 0 aliphatic carbocycles. The zero-order valence-electron chi connectivity index (χ0n) is 28.1. The number of para-hydroxylation sites is 3. The average molecular weight is 722 g/mol. The van der Waals surface area contributed by atoms with Crippen LogP contribution in [0.4, 0.5) is 17.2 Å². The monoisotopic (exact) mass is 721 g/mol. The van der Waals surface area contributed by atoms with Crippen molar-refractivity contribution in [2.24, 2.45) is 5.41 Å². The summed E-state index contributed by atoms with van der Waals surface area (Å²) in [5.74, 6) is 3.94. The maximum absolute atomic E-state index is 14.1. The lowest BCUT2D eigenvalue weighted by Crippen LogP contribution is -2.59. The number of rotatable bonds is 5. The summed E-state index contributed by atoms with van der Waals surface area (Å²) in [5, 5.41) is 5.51. The van der Waals surface area contributed by atoms with E-state index in [1.165, 1.54) is 5.56 Å². The van der Waals surface area contributed by atoms with Gasteiger partial charge in [0.05, 0.1) is 27.2 Å². The number of fused-ring (bicyclic) bond motifs is 4. The third-order valence-electron chi connectivity index (χ3n) is 10.3. The van der Waals surface area contributed by atoms with Gasteiger partial charge in [0.2, 0.25) is 0 Å². The molecule has 258 valence electrons. The number of hydrogen-bond donors (Lipinski definition) is 2. The summed E-state index contributed by atoms with van der Waals surface area (Å²) in [6.07, 6.45) is 4.40. The molecule has 9 nitrogen and oxygen atoms in total. The van der Waals surface area contributed by atoms with E-state index in [-0.39, 0.29) is 17.2 Å². The lowest BCUT2D eigenvalue weighted by Gasteiger charge is -2.53. The minimum atomic E-state index is -0.294. The van der Waals surface area contributed by atoms with E-state index in [9.17, 15) is 9.59 Å². The number of anilines is 3. The molecule has 2 saturated heterocycles. The van der Waals surface area contributed by atoms with Crippen molar-refractivity contribution in [3.63, 3.8) is 0 Å². The van der Waals surface area contributed by atoms with Crippen molar-refractivity contribution >= 4 is 64.0 Å². The number of ether oxygens (including phenoxy) is 1. The van der Waals surface area contributed by atoms with Crippen molar-refractivity contribution in [3.8, 4) is 32.3 Å². The lowest BCUT2D eigenvalue weighted by atomic mass is 9.73. The molecule has 3 aliphatic heterocycles. The van der Waals surface area contributed by atoms with Crippen LogP contribution in [0.3, 0.4) is 0 Å². The molecule has 6 aromatic rings. The first-order chi connectivity index (χ1) is 25.5. The van der Waals surface area contributed by atoms with Crippen molar-refractivity contribution < 1.29 is 14.3 Å². The Labute approximate surface area is 310 Å². The van der Waals surface area contributed by atoms with Crippen molar-refractivity contribution in [1.29, 1.82) is 0 Å². The quantitative estimate of drug-likeness (QED) is 0.143. The van der Waals surface area contributed by atoms with E-state index < -0.39 is 0 Å². The highest BCUT2D eigenvalue weighted by molar-refractivity contribution is 7.64. The number of H-pyrrole nitrogens is 1. The van der Waals surface area contributed by atoms with Gasteiger partial charge >= 0.3 is 0 Å². The predicted molar refractivity (Wildman–Crippen MR) is 208 cm³/mol. The largest absolute Gasteiger partial charge is 0.724 e. The Bertz CT molecular complexity index is 2380. The molecule has 2 N–H and O–H groups in total. The van der Waals surface area contributed by atoms with Crippen molar-refractivity contribution in [2.45, 2.75) is 19.3 Å². The summed E-state index contributed by atoms with van der Waals surface area (Å²) in [7, 11) is 0. The fraction of sp³-hybridized carbons (Fsp3) is 0.220. The Morgan fingerprint density at radius 2 is 1.77 bits per heavy atom. The van der Waals surface area contributed by atoms with Gasteiger partial charge in [-0.25, -0.2) is 15.2 Å². The van der Waals surface area contributed by atoms with Gasteiger partial charge in [0.1, 0.15) is 11.6 Å². The topological polar surface area (TPSA) is 103 Å². The van der Waals surface area contributed by atoms with Crippen LogP contribution in [0.5, 0.6) is 0 Å². The van der Waals surface area contributed by atoms with E-state index in [0.717, 1.165) is 77.0 Å². The number of hydrogen-bond acceptors (Lipinski definition) is 8. The van der Waals surface area contributed by atoms with E-state index in [4.69, 9.17) is 22.3 Å². The number of aromatic amines is 1. The van der Waals surface area contributed by atoms with Crippen molar-refractivity contribution in [1.82, 2.24) is 15.0 Å². The molecule has 6 heterocycles. The summed E-state index contributed by atoms with van der Waals surface area (Å²) in [4.78, 5) is 47.0. The second-order valence-electron chi connectivity index (χ2n) is 13.6. The summed E-state index contributed by atoms with van der Waals surface area (Å²) in [5.41, 5.74) is 7.39. The van der Waals surface area contributed by atoms with E-state index >= 15 is 0 Å². The standard InChI is InChI=1S/C41H34N6O3S2/c48-39(31-21-26(14-20-51)23-42-38(31)46-24-41(25-46)15-18-50-19-16-41)43-29-11-9-27(10-12-29)40(49)47-17-13-28-22-35(37-44-32-6-2-3-7-33(32)45-37)52-36(28)30-5-1-4-8-34(30)47/h1-12,21-23,51H,13,15-19,24-25H2,(H,43,48)(H,44,45)/p-1. The number of nitrogens with zero attached hydrogens (tertiary/aromatic N) is 4. The predicted octanol–water partition coefficient (Wildman–Crippen LogP) is 7.28. The van der Waals surface area contributed by atoms with Crippen LogP contribution in [0.25, 0.3) is 32.2 Å². The van der Waals surface area contributed by atoms with Crippen LogP contribution >= 0.6 is 11.3 Å². The number of pyridine rings is 1. The highest BCUT2D eigenvalue weighted by Gasteiger charge is 2.45.